The van der Waals surface area contributed by atoms with Crippen LogP contribution in [-0.2, 0) is 4.79 Å². The molecule has 4 atom stereocenters. The fraction of sp³-hybridized carbons (Fsp3) is 0.938. The van der Waals surface area contributed by atoms with Gasteiger partial charge in [-0.3, -0.25) is 4.79 Å². The van der Waals surface area contributed by atoms with Gasteiger partial charge in [-0.1, -0.05) is 26.2 Å². The van der Waals surface area contributed by atoms with Gasteiger partial charge in [-0.25, -0.2) is 0 Å². The molecule has 19 heavy (non-hydrogen) atoms. The maximum atomic E-state index is 12.1. The smallest absolute Gasteiger partial charge is 0.220 e. The molecule has 1 amide bonds. The van der Waals surface area contributed by atoms with Crippen molar-refractivity contribution >= 4 is 5.91 Å². The maximum absolute atomic E-state index is 12.1. The minimum absolute atomic E-state index is 0.263. The number of hydrogen-bond acceptors (Lipinski definition) is 2. The molecule has 0 aliphatic heterocycles. The summed E-state index contributed by atoms with van der Waals surface area (Å²) in [5.74, 6) is 1.62. The molecule has 3 N–H and O–H groups in total. The first-order valence-electron chi connectivity index (χ1n) is 8.18. The van der Waals surface area contributed by atoms with Gasteiger partial charge in [0.15, 0.2) is 0 Å². The number of hydrogen-bond donors (Lipinski definition) is 2. The fourth-order valence-electron chi connectivity index (χ4n) is 3.70. The Morgan fingerprint density at radius 1 is 1.11 bits per heavy atom. The molecule has 4 unspecified atom stereocenters. The molecule has 2 fully saturated rings. The van der Waals surface area contributed by atoms with Crippen LogP contribution in [0.25, 0.3) is 0 Å². The van der Waals surface area contributed by atoms with E-state index in [2.05, 4.69) is 12.2 Å². The number of nitrogens with two attached hydrogens (primary N) is 1. The van der Waals surface area contributed by atoms with Crippen molar-refractivity contribution in [3.8, 4) is 0 Å². The average molecular weight is 266 g/mol. The van der Waals surface area contributed by atoms with Crippen LogP contribution in [-0.4, -0.2) is 18.0 Å². The number of carbonyl (C=O) groups is 1. The van der Waals surface area contributed by atoms with E-state index in [1.54, 1.807) is 0 Å². The summed E-state index contributed by atoms with van der Waals surface area (Å²) in [6, 6.07) is 0.750. The summed E-state index contributed by atoms with van der Waals surface area (Å²) in [7, 11) is 0. The molecule has 0 heterocycles. The second-order valence-electron chi connectivity index (χ2n) is 6.87. The topological polar surface area (TPSA) is 55.1 Å². The van der Waals surface area contributed by atoms with Crippen molar-refractivity contribution in [2.24, 2.45) is 17.6 Å². The molecule has 0 radical (unpaired) electrons. The SMILES string of the molecule is CC1CCCC(NC(=O)CC2CCCC(N)C2)CC1. The molecule has 2 aliphatic rings. The van der Waals surface area contributed by atoms with E-state index in [0.29, 0.717) is 24.4 Å². The average Bonchev–Trinajstić information content (AvgIpc) is 2.54. The van der Waals surface area contributed by atoms with Crippen molar-refractivity contribution in [1.82, 2.24) is 5.32 Å². The molecule has 2 aliphatic carbocycles. The molecule has 3 heteroatoms. The van der Waals surface area contributed by atoms with Gasteiger partial charge in [-0.2, -0.15) is 0 Å². The van der Waals surface area contributed by atoms with E-state index < -0.39 is 0 Å². The first-order chi connectivity index (χ1) is 9.13. The summed E-state index contributed by atoms with van der Waals surface area (Å²) in [5.41, 5.74) is 5.99. The summed E-state index contributed by atoms with van der Waals surface area (Å²) in [4.78, 5) is 12.1. The second-order valence-corrected chi connectivity index (χ2v) is 6.87. The first-order valence-corrected chi connectivity index (χ1v) is 8.18. The summed E-state index contributed by atoms with van der Waals surface area (Å²) in [5, 5.41) is 3.26. The van der Waals surface area contributed by atoms with Crippen LogP contribution in [0.5, 0.6) is 0 Å². The van der Waals surface area contributed by atoms with Crippen molar-refractivity contribution < 1.29 is 4.79 Å². The molecule has 3 nitrogen and oxygen atoms in total. The summed E-state index contributed by atoms with van der Waals surface area (Å²) >= 11 is 0. The van der Waals surface area contributed by atoms with Gasteiger partial charge in [0.05, 0.1) is 0 Å². The normalized spacial score (nSPS) is 36.5. The third-order valence-electron chi connectivity index (χ3n) is 4.92. The van der Waals surface area contributed by atoms with E-state index in [-0.39, 0.29) is 5.91 Å². The Morgan fingerprint density at radius 2 is 1.89 bits per heavy atom. The second kappa shape index (κ2) is 7.28. The lowest BCUT2D eigenvalue weighted by Gasteiger charge is -2.27. The van der Waals surface area contributed by atoms with Gasteiger partial charge in [0.2, 0.25) is 5.91 Å². The van der Waals surface area contributed by atoms with E-state index in [0.717, 1.165) is 25.2 Å². The lowest BCUT2D eigenvalue weighted by atomic mass is 9.84. The van der Waals surface area contributed by atoms with E-state index in [9.17, 15) is 4.79 Å². The van der Waals surface area contributed by atoms with Crippen LogP contribution >= 0.6 is 0 Å². The minimum atomic E-state index is 0.263. The zero-order valence-corrected chi connectivity index (χ0v) is 12.4. The number of nitrogens with one attached hydrogen (secondary N) is 1. The van der Waals surface area contributed by atoms with Crippen LogP contribution in [0.2, 0.25) is 0 Å². The Labute approximate surface area is 117 Å². The van der Waals surface area contributed by atoms with Gasteiger partial charge >= 0.3 is 0 Å². The van der Waals surface area contributed by atoms with E-state index in [1.165, 1.54) is 38.5 Å². The summed E-state index contributed by atoms with van der Waals surface area (Å²) in [6.07, 6.45) is 11.4. The van der Waals surface area contributed by atoms with E-state index in [4.69, 9.17) is 5.73 Å². The van der Waals surface area contributed by atoms with Gasteiger partial charge in [0.25, 0.3) is 0 Å². The molecular weight excluding hydrogens is 236 g/mol. The molecule has 0 bridgehead atoms. The largest absolute Gasteiger partial charge is 0.353 e. The molecule has 110 valence electrons. The highest BCUT2D eigenvalue weighted by Crippen LogP contribution is 2.26. The van der Waals surface area contributed by atoms with Crippen LogP contribution in [0.3, 0.4) is 0 Å². The maximum Gasteiger partial charge on any atom is 0.220 e. The fourth-order valence-corrected chi connectivity index (χ4v) is 3.70. The standard InChI is InChI=1S/C16H30N2O/c1-12-4-2-7-15(9-8-12)18-16(19)11-13-5-3-6-14(17)10-13/h12-15H,2-11,17H2,1H3,(H,18,19). The quantitative estimate of drug-likeness (QED) is 0.772. The number of carbonyl (C=O) groups excluding carboxylic acids is 1. The zero-order valence-electron chi connectivity index (χ0n) is 12.4. The Balaban J connectivity index is 1.71. The van der Waals surface area contributed by atoms with Crippen LogP contribution in [0.15, 0.2) is 0 Å². The van der Waals surface area contributed by atoms with Crippen LogP contribution < -0.4 is 11.1 Å². The van der Waals surface area contributed by atoms with Crippen molar-refractivity contribution in [2.45, 2.75) is 83.2 Å². The van der Waals surface area contributed by atoms with Crippen LogP contribution in [0.1, 0.15) is 71.1 Å². The molecule has 0 aromatic rings. The summed E-state index contributed by atoms with van der Waals surface area (Å²) in [6.45, 7) is 2.33. The monoisotopic (exact) mass is 266 g/mol. The predicted molar refractivity (Wildman–Crippen MR) is 78.7 cm³/mol. The lowest BCUT2D eigenvalue weighted by Crippen LogP contribution is -2.37. The van der Waals surface area contributed by atoms with Crippen LogP contribution in [0, 0.1) is 11.8 Å². The van der Waals surface area contributed by atoms with Crippen molar-refractivity contribution in [3.63, 3.8) is 0 Å². The predicted octanol–water partition coefficient (Wildman–Crippen LogP) is 2.98. The highest BCUT2D eigenvalue weighted by Gasteiger charge is 2.23. The Hall–Kier alpha value is -0.570. The highest BCUT2D eigenvalue weighted by molar-refractivity contribution is 5.76. The third kappa shape index (κ3) is 5.13. The lowest BCUT2D eigenvalue weighted by molar-refractivity contribution is -0.123. The Bertz CT molecular complexity index is 292. The van der Waals surface area contributed by atoms with Gasteiger partial charge in [0.1, 0.15) is 0 Å². The van der Waals surface area contributed by atoms with Gasteiger partial charge in [-0.05, 0) is 50.4 Å². The Morgan fingerprint density at radius 3 is 2.68 bits per heavy atom. The molecular formula is C16H30N2O. The van der Waals surface area contributed by atoms with Gasteiger partial charge < -0.3 is 11.1 Å². The van der Waals surface area contributed by atoms with E-state index in [1.807, 2.05) is 0 Å². The highest BCUT2D eigenvalue weighted by atomic mass is 16.1. The van der Waals surface area contributed by atoms with Crippen LogP contribution in [0.4, 0.5) is 0 Å². The molecule has 0 spiro atoms. The molecule has 2 rings (SSSR count). The zero-order chi connectivity index (χ0) is 13.7. The van der Waals surface area contributed by atoms with Gasteiger partial charge in [-0.15, -0.1) is 0 Å². The third-order valence-corrected chi connectivity index (χ3v) is 4.92. The minimum Gasteiger partial charge on any atom is -0.353 e. The number of amides is 1. The van der Waals surface area contributed by atoms with Crippen molar-refractivity contribution in [1.29, 1.82) is 0 Å². The van der Waals surface area contributed by atoms with Crippen molar-refractivity contribution in [2.75, 3.05) is 0 Å². The number of rotatable bonds is 3. The molecule has 2 saturated carbocycles. The van der Waals surface area contributed by atoms with E-state index >= 15 is 0 Å². The summed E-state index contributed by atoms with van der Waals surface area (Å²) < 4.78 is 0. The molecule has 0 aromatic carbocycles. The van der Waals surface area contributed by atoms with Crippen molar-refractivity contribution in [3.05, 3.63) is 0 Å². The molecule has 0 saturated heterocycles. The van der Waals surface area contributed by atoms with Gasteiger partial charge in [0, 0.05) is 18.5 Å². The Kier molecular flexibility index (Phi) is 5.68. The molecule has 0 aromatic heterocycles. The first kappa shape index (κ1) is 14.8.